The van der Waals surface area contributed by atoms with Gasteiger partial charge in [-0.3, -0.25) is 4.90 Å². The summed E-state index contributed by atoms with van der Waals surface area (Å²) in [6, 6.07) is 5.34. The zero-order valence-corrected chi connectivity index (χ0v) is 12.0. The Kier molecular flexibility index (Phi) is 4.98. The van der Waals surface area contributed by atoms with E-state index in [-0.39, 0.29) is 0 Å². The molecule has 1 saturated carbocycles. The summed E-state index contributed by atoms with van der Waals surface area (Å²) in [5.74, 6) is 0. The van der Waals surface area contributed by atoms with E-state index in [0.29, 0.717) is 17.2 Å². The van der Waals surface area contributed by atoms with Crippen LogP contribution in [0, 0.1) is 0 Å². The fourth-order valence-corrected chi connectivity index (χ4v) is 2.83. The highest BCUT2D eigenvalue weighted by molar-refractivity contribution is 6.29. The summed E-state index contributed by atoms with van der Waals surface area (Å²) >= 11 is 5.80. The normalized spacial score (nSPS) is 24.4. The zero-order chi connectivity index (χ0) is 13.0. The Bertz CT molecular complexity index is 358. The summed E-state index contributed by atoms with van der Waals surface area (Å²) in [7, 11) is 4.27. The molecule has 1 heterocycles. The topological polar surface area (TPSA) is 28.2 Å². The first-order chi connectivity index (χ1) is 8.69. The number of hydrogen-bond acceptors (Lipinski definition) is 3. The van der Waals surface area contributed by atoms with Gasteiger partial charge in [0, 0.05) is 24.8 Å². The van der Waals surface area contributed by atoms with Gasteiger partial charge in [-0.15, -0.1) is 0 Å². The Balaban J connectivity index is 1.85. The van der Waals surface area contributed by atoms with Crippen LogP contribution in [-0.2, 0) is 6.54 Å². The highest BCUT2D eigenvalue weighted by Crippen LogP contribution is 2.23. The molecule has 1 N–H and O–H groups in total. The number of pyridine rings is 1. The molecule has 1 aromatic heterocycles. The molecule has 0 bridgehead atoms. The van der Waals surface area contributed by atoms with Gasteiger partial charge in [-0.05, 0) is 51.4 Å². The quantitative estimate of drug-likeness (QED) is 0.851. The van der Waals surface area contributed by atoms with Crippen molar-refractivity contribution < 1.29 is 0 Å². The molecular formula is C14H22ClN3. The van der Waals surface area contributed by atoms with E-state index in [4.69, 9.17) is 11.6 Å². The third kappa shape index (κ3) is 3.67. The molecule has 0 unspecified atom stereocenters. The molecule has 0 atom stereocenters. The fourth-order valence-electron chi connectivity index (χ4n) is 2.72. The summed E-state index contributed by atoms with van der Waals surface area (Å²) in [4.78, 5) is 6.57. The van der Waals surface area contributed by atoms with E-state index in [1.54, 1.807) is 0 Å². The monoisotopic (exact) mass is 267 g/mol. The van der Waals surface area contributed by atoms with Crippen molar-refractivity contribution in [2.24, 2.45) is 0 Å². The maximum atomic E-state index is 5.80. The van der Waals surface area contributed by atoms with Crippen molar-refractivity contribution in [1.29, 1.82) is 0 Å². The number of hydrogen-bond donors (Lipinski definition) is 1. The molecule has 1 aliphatic rings. The van der Waals surface area contributed by atoms with E-state index in [1.807, 2.05) is 12.3 Å². The minimum Gasteiger partial charge on any atom is -0.317 e. The Morgan fingerprint density at radius 3 is 2.61 bits per heavy atom. The predicted molar refractivity (Wildman–Crippen MR) is 75.8 cm³/mol. The van der Waals surface area contributed by atoms with E-state index in [9.17, 15) is 0 Å². The summed E-state index contributed by atoms with van der Waals surface area (Å²) in [5.41, 5.74) is 1.23. The summed E-state index contributed by atoms with van der Waals surface area (Å²) in [5, 5.41) is 3.94. The van der Waals surface area contributed by atoms with Crippen molar-refractivity contribution in [2.75, 3.05) is 14.1 Å². The Labute approximate surface area is 115 Å². The van der Waals surface area contributed by atoms with Gasteiger partial charge in [0.05, 0.1) is 0 Å². The summed E-state index contributed by atoms with van der Waals surface area (Å²) in [6.07, 6.45) is 7.00. The Morgan fingerprint density at radius 1 is 1.33 bits per heavy atom. The molecule has 0 spiro atoms. The molecular weight excluding hydrogens is 246 g/mol. The third-order valence-electron chi connectivity index (χ3n) is 3.95. The SMILES string of the molecule is CNC1CCC(N(C)Cc2ccc(Cl)nc2)CC1. The molecule has 18 heavy (non-hydrogen) atoms. The van der Waals surface area contributed by atoms with Gasteiger partial charge in [0.2, 0.25) is 0 Å². The average Bonchev–Trinajstić information content (AvgIpc) is 2.41. The lowest BCUT2D eigenvalue weighted by atomic mass is 9.90. The van der Waals surface area contributed by atoms with Crippen LogP contribution < -0.4 is 5.32 Å². The van der Waals surface area contributed by atoms with E-state index < -0.39 is 0 Å². The van der Waals surface area contributed by atoms with Crippen LogP contribution in [0.15, 0.2) is 18.3 Å². The van der Waals surface area contributed by atoms with Crippen molar-refractivity contribution in [3.8, 4) is 0 Å². The van der Waals surface area contributed by atoms with Gasteiger partial charge in [0.25, 0.3) is 0 Å². The van der Waals surface area contributed by atoms with Crippen LogP contribution in [0.1, 0.15) is 31.2 Å². The van der Waals surface area contributed by atoms with Gasteiger partial charge in [-0.25, -0.2) is 4.98 Å². The zero-order valence-electron chi connectivity index (χ0n) is 11.2. The highest BCUT2D eigenvalue weighted by Gasteiger charge is 2.22. The van der Waals surface area contributed by atoms with Gasteiger partial charge in [0.1, 0.15) is 5.15 Å². The molecule has 1 aromatic rings. The molecule has 0 aliphatic heterocycles. The minimum absolute atomic E-state index is 0.566. The Hall–Kier alpha value is -0.640. The van der Waals surface area contributed by atoms with Crippen molar-refractivity contribution in [3.05, 3.63) is 29.0 Å². The number of nitrogens with zero attached hydrogens (tertiary/aromatic N) is 2. The maximum absolute atomic E-state index is 5.80. The largest absolute Gasteiger partial charge is 0.317 e. The van der Waals surface area contributed by atoms with Crippen LogP contribution in [0.25, 0.3) is 0 Å². The van der Waals surface area contributed by atoms with Crippen LogP contribution in [-0.4, -0.2) is 36.1 Å². The maximum Gasteiger partial charge on any atom is 0.129 e. The molecule has 1 aliphatic carbocycles. The van der Waals surface area contributed by atoms with Crippen LogP contribution in [0.2, 0.25) is 5.15 Å². The van der Waals surface area contributed by atoms with E-state index in [1.165, 1.54) is 31.2 Å². The fraction of sp³-hybridized carbons (Fsp3) is 0.643. The molecule has 1 fully saturated rings. The molecule has 0 aromatic carbocycles. The van der Waals surface area contributed by atoms with Gasteiger partial charge >= 0.3 is 0 Å². The van der Waals surface area contributed by atoms with Gasteiger partial charge in [-0.1, -0.05) is 17.7 Å². The molecule has 0 saturated heterocycles. The molecule has 3 nitrogen and oxygen atoms in total. The number of halogens is 1. The predicted octanol–water partition coefficient (Wildman–Crippen LogP) is 2.70. The second-order valence-corrected chi connectivity index (χ2v) is 5.59. The van der Waals surface area contributed by atoms with Crippen molar-refractivity contribution >= 4 is 11.6 Å². The van der Waals surface area contributed by atoms with Crippen molar-refractivity contribution in [3.63, 3.8) is 0 Å². The second-order valence-electron chi connectivity index (χ2n) is 5.20. The van der Waals surface area contributed by atoms with E-state index >= 15 is 0 Å². The van der Waals surface area contributed by atoms with Crippen LogP contribution in [0.5, 0.6) is 0 Å². The lowest BCUT2D eigenvalue weighted by Gasteiger charge is -2.34. The van der Waals surface area contributed by atoms with Crippen molar-refractivity contribution in [2.45, 2.75) is 44.3 Å². The second kappa shape index (κ2) is 6.50. The van der Waals surface area contributed by atoms with Crippen LogP contribution >= 0.6 is 11.6 Å². The van der Waals surface area contributed by atoms with E-state index in [2.05, 4.69) is 35.4 Å². The smallest absolute Gasteiger partial charge is 0.129 e. The van der Waals surface area contributed by atoms with E-state index in [0.717, 1.165) is 6.54 Å². The van der Waals surface area contributed by atoms with Crippen molar-refractivity contribution in [1.82, 2.24) is 15.2 Å². The molecule has 2 rings (SSSR count). The minimum atomic E-state index is 0.566. The first kappa shape index (κ1) is 13.8. The van der Waals surface area contributed by atoms with Crippen LogP contribution in [0.4, 0.5) is 0 Å². The van der Waals surface area contributed by atoms with Crippen LogP contribution in [0.3, 0.4) is 0 Å². The van der Waals surface area contributed by atoms with Gasteiger partial charge in [-0.2, -0.15) is 0 Å². The lowest BCUT2D eigenvalue weighted by molar-refractivity contribution is 0.170. The average molecular weight is 268 g/mol. The van der Waals surface area contributed by atoms with Gasteiger partial charge in [0.15, 0.2) is 0 Å². The summed E-state index contributed by atoms with van der Waals surface area (Å²) in [6.45, 7) is 0.957. The number of nitrogens with one attached hydrogen (secondary N) is 1. The number of rotatable bonds is 4. The summed E-state index contributed by atoms with van der Waals surface area (Å²) < 4.78 is 0. The standard InChI is InChI=1S/C14H22ClN3/c1-16-12-4-6-13(7-5-12)18(2)10-11-3-8-14(15)17-9-11/h3,8-9,12-13,16H,4-7,10H2,1-2H3. The molecule has 0 radical (unpaired) electrons. The Morgan fingerprint density at radius 2 is 2.06 bits per heavy atom. The highest BCUT2D eigenvalue weighted by atomic mass is 35.5. The third-order valence-corrected chi connectivity index (χ3v) is 4.17. The molecule has 0 amide bonds. The molecule has 100 valence electrons. The molecule has 4 heteroatoms. The first-order valence-electron chi connectivity index (χ1n) is 6.67. The van der Waals surface area contributed by atoms with Gasteiger partial charge < -0.3 is 5.32 Å². The first-order valence-corrected chi connectivity index (χ1v) is 7.04. The number of aromatic nitrogens is 1. The lowest BCUT2D eigenvalue weighted by Crippen LogP contribution is -2.39.